The second-order valence-electron chi connectivity index (χ2n) is 12.3. The molecule has 1 amide bonds. The summed E-state index contributed by atoms with van der Waals surface area (Å²) in [6, 6.07) is 10.5. The highest BCUT2D eigenvalue weighted by Crippen LogP contribution is 2.49. The van der Waals surface area contributed by atoms with Gasteiger partial charge in [0.25, 0.3) is 0 Å². The van der Waals surface area contributed by atoms with Crippen molar-refractivity contribution in [3.05, 3.63) is 71.5 Å². The van der Waals surface area contributed by atoms with Crippen LogP contribution in [0.25, 0.3) is 0 Å². The van der Waals surface area contributed by atoms with E-state index >= 15 is 0 Å². The molecular formula is C34H40N3O7S2-. The summed E-state index contributed by atoms with van der Waals surface area (Å²) in [6.45, 7) is 12.0. The van der Waals surface area contributed by atoms with Crippen LogP contribution in [0.3, 0.4) is 0 Å². The van der Waals surface area contributed by atoms with Gasteiger partial charge in [0.15, 0.2) is 5.71 Å². The molecule has 0 radical (unpaired) electrons. The summed E-state index contributed by atoms with van der Waals surface area (Å²) in [5, 5.41) is 16.6. The predicted molar refractivity (Wildman–Crippen MR) is 175 cm³/mol. The lowest BCUT2D eigenvalue weighted by molar-refractivity contribution is -0.777. The average Bonchev–Trinajstić information content (AvgIpc) is 3.36. The van der Waals surface area contributed by atoms with Gasteiger partial charge in [-0.1, -0.05) is 25.8 Å². The Morgan fingerprint density at radius 3 is 2.54 bits per heavy atom. The monoisotopic (exact) mass is 666 g/mol. The van der Waals surface area contributed by atoms with E-state index in [9.17, 15) is 23.0 Å². The van der Waals surface area contributed by atoms with Gasteiger partial charge in [-0.2, -0.15) is 8.91 Å². The molecule has 12 heteroatoms. The molecule has 246 valence electrons. The number of hydrogen-bond acceptors (Lipinski definition) is 9. The second kappa shape index (κ2) is 14.5. The molecule has 0 aliphatic carbocycles. The van der Waals surface area contributed by atoms with Crippen LogP contribution >= 0.6 is 12.0 Å². The lowest BCUT2D eigenvalue weighted by atomic mass is 9.81. The second-order valence-corrected chi connectivity index (χ2v) is 14.4. The van der Waals surface area contributed by atoms with E-state index in [0.29, 0.717) is 19.4 Å². The van der Waals surface area contributed by atoms with Gasteiger partial charge in [0.2, 0.25) is 11.6 Å². The average molecular weight is 667 g/mol. The number of carbonyl (C=O) groups is 1. The molecule has 0 saturated carbocycles. The molecule has 0 bridgehead atoms. The molecule has 2 aliphatic rings. The number of carbonyl (C=O) groups excluding carboxylic acids is 1. The zero-order valence-corrected chi connectivity index (χ0v) is 28.4. The Bertz CT molecular complexity index is 1720. The molecule has 0 unspecified atom stereocenters. The first kappa shape index (κ1) is 35.4. The highest BCUT2D eigenvalue weighted by atomic mass is 32.2. The smallest absolute Gasteiger partial charge is 0.220 e. The van der Waals surface area contributed by atoms with Crippen molar-refractivity contribution in [1.82, 2.24) is 5.32 Å². The van der Waals surface area contributed by atoms with Gasteiger partial charge in [-0.3, -0.25) is 9.83 Å². The largest absolute Gasteiger partial charge is 0.744 e. The van der Waals surface area contributed by atoms with Gasteiger partial charge in [-0.15, -0.1) is 6.42 Å². The molecule has 4 rings (SSSR count). The Kier molecular flexibility index (Phi) is 11.2. The van der Waals surface area contributed by atoms with Crippen LogP contribution < -0.4 is 15.5 Å². The number of fused-ring (bicyclic) bond motifs is 2. The Hall–Kier alpha value is -3.44. The van der Waals surface area contributed by atoms with Crippen LogP contribution in [-0.2, 0) is 35.1 Å². The van der Waals surface area contributed by atoms with Crippen molar-refractivity contribution in [2.75, 3.05) is 24.5 Å². The van der Waals surface area contributed by atoms with Gasteiger partial charge in [0.05, 0.1) is 28.9 Å². The highest BCUT2D eigenvalue weighted by Gasteiger charge is 2.45. The van der Waals surface area contributed by atoms with Gasteiger partial charge >= 0.3 is 0 Å². The molecule has 0 saturated heterocycles. The summed E-state index contributed by atoms with van der Waals surface area (Å²) in [5.74, 6) is 2.33. The SMILES string of the molecule is C#CCNC(=O)CCCCC[N+]1=C(/C=C/C=C2/N(CC)c3ccc(SOO[O-])cc3C2(C)C)C(C)(C)c2cc(S(=O)(=O)[O-])ccc21. The lowest BCUT2D eigenvalue weighted by Gasteiger charge is -2.25. The Labute approximate surface area is 276 Å². The van der Waals surface area contributed by atoms with E-state index in [1.165, 1.54) is 12.1 Å². The summed E-state index contributed by atoms with van der Waals surface area (Å²) in [5.41, 5.74) is 4.90. The van der Waals surface area contributed by atoms with Crippen molar-refractivity contribution in [1.29, 1.82) is 0 Å². The minimum Gasteiger partial charge on any atom is -0.744 e. The van der Waals surface area contributed by atoms with Crippen LogP contribution in [0, 0.1) is 12.3 Å². The van der Waals surface area contributed by atoms with Crippen LogP contribution in [0.4, 0.5) is 11.4 Å². The van der Waals surface area contributed by atoms with Crippen molar-refractivity contribution in [3.63, 3.8) is 0 Å². The predicted octanol–water partition coefficient (Wildman–Crippen LogP) is 4.77. The minimum atomic E-state index is -4.63. The molecule has 0 fully saturated rings. The maximum absolute atomic E-state index is 11.9. The number of likely N-dealkylation sites (N-methyl/N-ethyl adjacent to an activating group) is 1. The lowest BCUT2D eigenvalue weighted by Crippen LogP contribution is -2.28. The summed E-state index contributed by atoms with van der Waals surface area (Å²) >= 11 is 0.862. The van der Waals surface area contributed by atoms with Crippen molar-refractivity contribution in [2.24, 2.45) is 0 Å². The van der Waals surface area contributed by atoms with Crippen LogP contribution in [0.2, 0.25) is 0 Å². The molecular weight excluding hydrogens is 627 g/mol. The zero-order valence-electron chi connectivity index (χ0n) is 26.8. The number of anilines is 1. The number of hydrogen-bond donors (Lipinski definition) is 1. The molecule has 0 atom stereocenters. The number of allylic oxidation sites excluding steroid dienone is 4. The minimum absolute atomic E-state index is 0.0712. The number of nitrogens with one attached hydrogen (secondary N) is 1. The van der Waals surface area contributed by atoms with Crippen molar-refractivity contribution >= 4 is 45.2 Å². The third kappa shape index (κ3) is 7.41. The van der Waals surface area contributed by atoms with Crippen molar-refractivity contribution in [3.8, 4) is 12.3 Å². The molecule has 2 aromatic carbocycles. The summed E-state index contributed by atoms with van der Waals surface area (Å²) in [7, 11) is -4.63. The van der Waals surface area contributed by atoms with Crippen LogP contribution in [0.5, 0.6) is 0 Å². The number of rotatable bonds is 14. The summed E-state index contributed by atoms with van der Waals surface area (Å²) in [4.78, 5) is 14.7. The Morgan fingerprint density at radius 1 is 1.11 bits per heavy atom. The summed E-state index contributed by atoms with van der Waals surface area (Å²) < 4.78 is 42.4. The van der Waals surface area contributed by atoms with E-state index in [1.54, 1.807) is 6.07 Å². The number of amides is 1. The topological polar surface area (TPSA) is 134 Å². The quantitative estimate of drug-likeness (QED) is 0.0576. The standard InChI is InChI=1S/C34H41N3O7S2/c1-7-20-35-32(38)15-10-9-11-21-37-29-19-17-25(46(40,41)42)23-27(29)34(5,6)31(37)14-12-13-30-33(3,4)26-22-24(45-44-43-39)16-18-28(26)36(30)8-2/h1,12-14,16-19,22-23H,8-11,15,20-21H2,2-6H3,(H2-,35,38,39,40,41,42)/p-1. The van der Waals surface area contributed by atoms with Crippen molar-refractivity contribution in [2.45, 2.75) is 80.9 Å². The molecule has 2 aromatic rings. The molecule has 0 spiro atoms. The first-order chi connectivity index (χ1) is 21.8. The van der Waals surface area contributed by atoms with E-state index in [0.717, 1.165) is 70.2 Å². The van der Waals surface area contributed by atoms with Crippen LogP contribution in [-0.4, -0.2) is 48.8 Å². The zero-order chi connectivity index (χ0) is 33.7. The molecule has 1 N–H and O–H groups in total. The number of terminal acetylenes is 1. The number of nitrogens with zero attached hydrogens (tertiary/aromatic N) is 2. The van der Waals surface area contributed by atoms with Gasteiger partial charge < -0.3 is 20.0 Å². The molecule has 10 nitrogen and oxygen atoms in total. The fourth-order valence-electron chi connectivity index (χ4n) is 6.35. The summed E-state index contributed by atoms with van der Waals surface area (Å²) in [6.07, 6.45) is 14.1. The van der Waals surface area contributed by atoms with Crippen molar-refractivity contribution < 1.29 is 37.0 Å². The third-order valence-electron chi connectivity index (χ3n) is 8.67. The Morgan fingerprint density at radius 2 is 1.87 bits per heavy atom. The van der Waals surface area contributed by atoms with E-state index < -0.39 is 15.5 Å². The first-order valence-electron chi connectivity index (χ1n) is 15.2. The molecule has 2 heterocycles. The highest BCUT2D eigenvalue weighted by molar-refractivity contribution is 7.94. The fourth-order valence-corrected chi connectivity index (χ4v) is 7.24. The van der Waals surface area contributed by atoms with Gasteiger partial charge in [0, 0.05) is 58.8 Å². The van der Waals surface area contributed by atoms with Crippen LogP contribution in [0.15, 0.2) is 70.1 Å². The van der Waals surface area contributed by atoms with E-state index in [1.807, 2.05) is 38.1 Å². The normalized spacial score (nSPS) is 17.4. The maximum atomic E-state index is 11.9. The van der Waals surface area contributed by atoms with E-state index in [4.69, 9.17) is 6.42 Å². The number of benzene rings is 2. The van der Waals surface area contributed by atoms with Crippen LogP contribution in [0.1, 0.15) is 71.4 Å². The molecule has 0 aromatic heterocycles. The number of unbranched alkanes of at least 4 members (excludes halogenated alkanes) is 2. The van der Waals surface area contributed by atoms with Gasteiger partial charge in [0.1, 0.15) is 16.7 Å². The first-order valence-corrected chi connectivity index (χ1v) is 17.3. The molecule has 46 heavy (non-hydrogen) atoms. The fraction of sp³-hybridized carbons (Fsp3) is 0.412. The van der Waals surface area contributed by atoms with E-state index in [2.05, 4.69) is 63.0 Å². The van der Waals surface area contributed by atoms with Gasteiger partial charge in [-0.25, -0.2) is 8.42 Å². The van der Waals surface area contributed by atoms with E-state index in [-0.39, 0.29) is 22.8 Å². The Balaban J connectivity index is 1.66. The maximum Gasteiger partial charge on any atom is 0.220 e. The third-order valence-corrected chi connectivity index (χ3v) is 10.1. The van der Waals surface area contributed by atoms with Gasteiger partial charge in [-0.05, 0) is 75.6 Å². The molecule has 2 aliphatic heterocycles.